The number of nitrogens with zero attached hydrogens (tertiary/aromatic N) is 2. The predicted octanol–water partition coefficient (Wildman–Crippen LogP) is 2.57. The van der Waals surface area contributed by atoms with Crippen LogP contribution in [0.25, 0.3) is 10.9 Å². The van der Waals surface area contributed by atoms with Crippen LogP contribution < -0.4 is 10.5 Å². The molecule has 2 rings (SSSR count). The Morgan fingerprint density at radius 3 is 2.52 bits per heavy atom. The first kappa shape index (κ1) is 23.3. The summed E-state index contributed by atoms with van der Waals surface area (Å²) in [7, 11) is 5.36. The maximum absolute atomic E-state index is 12.3. The molecule has 0 saturated carbocycles. The van der Waals surface area contributed by atoms with Crippen molar-refractivity contribution in [2.75, 3.05) is 34.3 Å². The summed E-state index contributed by atoms with van der Waals surface area (Å²) in [5.74, 6) is -0.123. The molecule has 0 spiro atoms. The van der Waals surface area contributed by atoms with E-state index in [9.17, 15) is 4.79 Å². The van der Waals surface area contributed by atoms with Gasteiger partial charge in [-0.05, 0) is 32.3 Å². The molecule has 1 aromatic heterocycles. The number of nitrogens with two attached hydrogens (primary N) is 1. The molecule has 1 heterocycles. The van der Waals surface area contributed by atoms with Gasteiger partial charge in [0.15, 0.2) is 5.96 Å². The third-order valence-corrected chi connectivity index (χ3v) is 3.72. The van der Waals surface area contributed by atoms with Crippen molar-refractivity contribution in [3.63, 3.8) is 0 Å². The molecule has 25 heavy (non-hydrogen) atoms. The molecule has 4 N–H and O–H groups in total. The second-order valence-electron chi connectivity index (χ2n) is 5.42. The maximum atomic E-state index is 12.3. The number of amides is 1. The number of H-pyrrole nitrogens is 1. The number of carbonyl (C=O) groups excluding carboxylic acids is 1. The van der Waals surface area contributed by atoms with Crippen molar-refractivity contribution in [3.8, 4) is 5.75 Å². The molecule has 0 aliphatic heterocycles. The molecule has 0 fully saturated rings. The van der Waals surface area contributed by atoms with Gasteiger partial charge in [-0.1, -0.05) is 11.6 Å². The zero-order chi connectivity index (χ0) is 17.1. The first-order chi connectivity index (χ1) is 10.8. The molecule has 0 aliphatic carbocycles. The van der Waals surface area contributed by atoms with Crippen molar-refractivity contribution in [1.82, 2.24) is 14.8 Å². The first-order valence-corrected chi connectivity index (χ1v) is 7.40. The van der Waals surface area contributed by atoms with Crippen molar-refractivity contribution in [2.45, 2.75) is 0 Å². The number of aromatic nitrogens is 1. The molecule has 140 valence electrons. The molecule has 0 unspecified atom stereocenters. The third kappa shape index (κ3) is 5.40. The van der Waals surface area contributed by atoms with Crippen LogP contribution in [-0.4, -0.2) is 60.9 Å². The number of hydrogen-bond acceptors (Lipinski definition) is 4. The molecule has 2 aromatic rings. The highest BCUT2D eigenvalue weighted by molar-refractivity contribution is 6.35. The third-order valence-electron chi connectivity index (χ3n) is 3.39. The number of carbonyl (C=O) groups is 1. The topological polar surface area (TPSA) is 98.4 Å². The van der Waals surface area contributed by atoms with E-state index in [4.69, 9.17) is 27.5 Å². The van der Waals surface area contributed by atoms with Gasteiger partial charge in [-0.15, -0.1) is 24.8 Å². The summed E-state index contributed by atoms with van der Waals surface area (Å²) >= 11 is 6.20. The average Bonchev–Trinajstić information content (AvgIpc) is 2.93. The molecule has 10 heteroatoms. The Balaban J connectivity index is 0.00000288. The SMILES string of the molecule is CN(C)CCOc1ccc(Cl)c2cc(C(=O)N(C)C(=N)N)[nH]c12.Cl.Cl. The van der Waals surface area contributed by atoms with Crippen LogP contribution in [-0.2, 0) is 0 Å². The summed E-state index contributed by atoms with van der Waals surface area (Å²) in [5, 5.41) is 8.55. The number of guanidine groups is 1. The summed E-state index contributed by atoms with van der Waals surface area (Å²) in [5.41, 5.74) is 6.29. The van der Waals surface area contributed by atoms with Crippen LogP contribution in [0.5, 0.6) is 5.75 Å². The van der Waals surface area contributed by atoms with E-state index in [0.717, 1.165) is 11.4 Å². The van der Waals surface area contributed by atoms with E-state index in [1.54, 1.807) is 18.2 Å². The molecule has 0 radical (unpaired) electrons. The molecular weight excluding hydrogens is 389 g/mol. The number of halogens is 3. The lowest BCUT2D eigenvalue weighted by atomic mass is 10.2. The number of aromatic amines is 1. The van der Waals surface area contributed by atoms with Gasteiger partial charge in [0.1, 0.15) is 18.1 Å². The molecule has 0 aliphatic rings. The zero-order valence-corrected chi connectivity index (χ0v) is 16.5. The van der Waals surface area contributed by atoms with Crippen molar-refractivity contribution >= 4 is 59.2 Å². The number of fused-ring (bicyclic) bond motifs is 1. The number of nitrogens with one attached hydrogen (secondary N) is 2. The summed E-state index contributed by atoms with van der Waals surface area (Å²) in [6.07, 6.45) is 0. The quantitative estimate of drug-likeness (QED) is 0.521. The van der Waals surface area contributed by atoms with E-state index in [1.165, 1.54) is 7.05 Å². The van der Waals surface area contributed by atoms with Gasteiger partial charge in [0, 0.05) is 19.0 Å². The van der Waals surface area contributed by atoms with E-state index < -0.39 is 5.91 Å². The van der Waals surface area contributed by atoms with Gasteiger partial charge >= 0.3 is 0 Å². The lowest BCUT2D eigenvalue weighted by Gasteiger charge is -2.13. The lowest BCUT2D eigenvalue weighted by molar-refractivity contribution is 0.0864. The van der Waals surface area contributed by atoms with Gasteiger partial charge < -0.3 is 20.4 Å². The number of rotatable bonds is 5. The minimum absolute atomic E-state index is 0. The molecule has 0 bridgehead atoms. The molecule has 1 aromatic carbocycles. The number of hydrogen-bond donors (Lipinski definition) is 3. The monoisotopic (exact) mass is 409 g/mol. The van der Waals surface area contributed by atoms with E-state index >= 15 is 0 Å². The molecular formula is C15H22Cl3N5O2. The van der Waals surface area contributed by atoms with Crippen LogP contribution in [0.15, 0.2) is 18.2 Å². The van der Waals surface area contributed by atoms with Gasteiger partial charge in [0.05, 0.1) is 10.5 Å². The van der Waals surface area contributed by atoms with E-state index in [2.05, 4.69) is 4.98 Å². The average molecular weight is 411 g/mol. The fourth-order valence-electron chi connectivity index (χ4n) is 2.02. The van der Waals surface area contributed by atoms with Gasteiger partial charge in [-0.2, -0.15) is 0 Å². The Kier molecular flexibility index (Phi) is 9.07. The van der Waals surface area contributed by atoms with Crippen LogP contribution in [0.1, 0.15) is 10.5 Å². The second kappa shape index (κ2) is 9.72. The van der Waals surface area contributed by atoms with Crippen LogP contribution >= 0.6 is 36.4 Å². The maximum Gasteiger partial charge on any atom is 0.276 e. The van der Waals surface area contributed by atoms with Crippen LogP contribution in [0.2, 0.25) is 5.02 Å². The van der Waals surface area contributed by atoms with Gasteiger partial charge in [0.2, 0.25) is 0 Å². The smallest absolute Gasteiger partial charge is 0.276 e. The number of likely N-dealkylation sites (N-methyl/N-ethyl adjacent to an activating group) is 1. The zero-order valence-electron chi connectivity index (χ0n) is 14.1. The normalized spacial score (nSPS) is 10.1. The lowest BCUT2D eigenvalue weighted by Crippen LogP contribution is -2.38. The molecule has 7 nitrogen and oxygen atoms in total. The molecule has 1 amide bonds. The minimum Gasteiger partial charge on any atom is -0.490 e. The highest BCUT2D eigenvalue weighted by Gasteiger charge is 2.19. The Labute approximate surface area is 163 Å². The van der Waals surface area contributed by atoms with Crippen molar-refractivity contribution in [3.05, 3.63) is 28.9 Å². The van der Waals surface area contributed by atoms with Crippen LogP contribution in [0.3, 0.4) is 0 Å². The molecule has 0 saturated heterocycles. The van der Waals surface area contributed by atoms with E-state index in [1.807, 2.05) is 19.0 Å². The standard InChI is InChI=1S/C15H20ClN5O2.2ClH/c1-20(2)6-7-23-12-5-4-10(16)9-8-11(19-13(9)12)14(22)21(3)15(17)18;;/h4-5,8,19H,6-7H2,1-3H3,(H3,17,18);2*1H. The Morgan fingerprint density at radius 2 is 1.96 bits per heavy atom. The van der Waals surface area contributed by atoms with Crippen LogP contribution in [0, 0.1) is 5.41 Å². The Hall–Kier alpha value is -1.67. The summed E-state index contributed by atoms with van der Waals surface area (Å²) in [4.78, 5) is 18.3. The summed E-state index contributed by atoms with van der Waals surface area (Å²) < 4.78 is 5.76. The Morgan fingerprint density at radius 1 is 1.32 bits per heavy atom. The van der Waals surface area contributed by atoms with Gasteiger partial charge in [0.25, 0.3) is 5.91 Å². The van der Waals surface area contributed by atoms with Crippen molar-refractivity contribution in [1.29, 1.82) is 5.41 Å². The summed E-state index contributed by atoms with van der Waals surface area (Å²) in [6, 6.07) is 5.13. The summed E-state index contributed by atoms with van der Waals surface area (Å²) in [6.45, 7) is 1.28. The fraction of sp³-hybridized carbons (Fsp3) is 0.333. The fourth-order valence-corrected chi connectivity index (χ4v) is 2.24. The van der Waals surface area contributed by atoms with Gasteiger partial charge in [-0.3, -0.25) is 15.1 Å². The van der Waals surface area contributed by atoms with Crippen LogP contribution in [0.4, 0.5) is 0 Å². The predicted molar refractivity (Wildman–Crippen MR) is 106 cm³/mol. The van der Waals surface area contributed by atoms with Crippen molar-refractivity contribution in [2.24, 2.45) is 5.73 Å². The highest BCUT2D eigenvalue weighted by Crippen LogP contribution is 2.32. The van der Waals surface area contributed by atoms with Gasteiger partial charge in [-0.25, -0.2) is 0 Å². The number of benzene rings is 1. The minimum atomic E-state index is -0.413. The van der Waals surface area contributed by atoms with E-state index in [0.29, 0.717) is 34.0 Å². The second-order valence-corrected chi connectivity index (χ2v) is 5.83. The largest absolute Gasteiger partial charge is 0.490 e. The number of ether oxygens (including phenoxy) is 1. The first-order valence-electron chi connectivity index (χ1n) is 7.02. The molecule has 0 atom stereocenters. The van der Waals surface area contributed by atoms with Crippen molar-refractivity contribution < 1.29 is 9.53 Å². The highest BCUT2D eigenvalue weighted by atomic mass is 35.5. The van der Waals surface area contributed by atoms with E-state index in [-0.39, 0.29) is 30.8 Å². The Bertz CT molecular complexity index is 748.